The molecule has 1 amide bonds. The second-order valence-corrected chi connectivity index (χ2v) is 11.4. The number of hydrogen-bond acceptors (Lipinski definition) is 7. The number of nitrogens with one attached hydrogen (secondary N) is 2. The maximum atomic E-state index is 13.6. The average Bonchev–Trinajstić information content (AvgIpc) is 3.30. The van der Waals surface area contributed by atoms with Crippen LogP contribution in [0.25, 0.3) is 10.9 Å². The van der Waals surface area contributed by atoms with E-state index in [4.69, 9.17) is 14.2 Å². The van der Waals surface area contributed by atoms with Gasteiger partial charge in [0.25, 0.3) is 0 Å². The van der Waals surface area contributed by atoms with E-state index in [2.05, 4.69) is 22.5 Å². The fraction of sp³-hybridized carbons (Fsp3) is 0.438. The number of piperidine rings is 1. The second kappa shape index (κ2) is 13.4. The highest BCUT2D eigenvalue weighted by atomic mass is 19.4. The molecule has 9 nitrogen and oxygen atoms in total. The molecular weight excluding hydrogens is 577 g/mol. The zero-order valence-corrected chi connectivity index (χ0v) is 25.4. The van der Waals surface area contributed by atoms with E-state index in [0.717, 1.165) is 0 Å². The van der Waals surface area contributed by atoms with Crippen molar-refractivity contribution in [1.82, 2.24) is 9.47 Å². The molecule has 1 aliphatic rings. The zero-order chi connectivity index (χ0) is 32.1. The fourth-order valence-electron chi connectivity index (χ4n) is 4.97. The number of rotatable bonds is 7. The molecule has 0 radical (unpaired) electrons. The Morgan fingerprint density at radius 3 is 2.39 bits per heavy atom. The minimum absolute atomic E-state index is 0.0320. The van der Waals surface area contributed by atoms with Crippen molar-refractivity contribution in [2.24, 2.45) is 0 Å². The molecule has 1 saturated heterocycles. The number of likely N-dealkylation sites (tertiary alicyclic amines) is 1. The Kier molecular flexibility index (Phi) is 9.87. The lowest BCUT2D eigenvalue weighted by Crippen LogP contribution is -2.44. The summed E-state index contributed by atoms with van der Waals surface area (Å²) in [6.07, 6.45) is -3.47. The first-order valence-corrected chi connectivity index (χ1v) is 14.2. The van der Waals surface area contributed by atoms with Crippen molar-refractivity contribution in [2.45, 2.75) is 58.0 Å². The van der Waals surface area contributed by atoms with Crippen molar-refractivity contribution in [2.75, 3.05) is 44.5 Å². The van der Waals surface area contributed by atoms with Gasteiger partial charge in [-0.15, -0.1) is 0 Å². The quantitative estimate of drug-likeness (QED) is 0.239. The van der Waals surface area contributed by atoms with Crippen LogP contribution >= 0.6 is 0 Å². The lowest BCUT2D eigenvalue weighted by Gasteiger charge is -2.34. The minimum atomic E-state index is -4.45. The number of fused-ring (bicyclic) bond motifs is 1. The number of alkyl halides is 3. The molecule has 2 N–H and O–H groups in total. The van der Waals surface area contributed by atoms with Gasteiger partial charge >= 0.3 is 18.2 Å². The smallest absolute Gasteiger partial charge is 0.410 e. The Morgan fingerprint density at radius 1 is 1.02 bits per heavy atom. The van der Waals surface area contributed by atoms with Gasteiger partial charge in [-0.05, 0) is 75.9 Å². The number of ether oxygens (including phenoxy) is 3. The summed E-state index contributed by atoms with van der Waals surface area (Å²) >= 11 is 0. The van der Waals surface area contributed by atoms with Gasteiger partial charge in [0.1, 0.15) is 17.9 Å². The highest BCUT2D eigenvalue weighted by molar-refractivity contribution is 5.94. The van der Waals surface area contributed by atoms with E-state index in [1.807, 2.05) is 26.8 Å². The van der Waals surface area contributed by atoms with Crippen molar-refractivity contribution in [3.8, 4) is 17.6 Å². The number of benzene rings is 2. The number of methoxy groups -OCH3 is 2. The van der Waals surface area contributed by atoms with Crippen LogP contribution in [0.2, 0.25) is 0 Å². The number of esters is 1. The van der Waals surface area contributed by atoms with Gasteiger partial charge in [-0.2, -0.15) is 13.2 Å². The summed E-state index contributed by atoms with van der Waals surface area (Å²) in [7, 11) is 2.74. The molecule has 0 unspecified atom stereocenters. The molecule has 0 atom stereocenters. The largest absolute Gasteiger partial charge is 0.495 e. The van der Waals surface area contributed by atoms with E-state index in [9.17, 15) is 22.8 Å². The topological polar surface area (TPSA) is 94.1 Å². The Morgan fingerprint density at radius 2 is 1.75 bits per heavy atom. The molecule has 1 fully saturated rings. The molecule has 0 bridgehead atoms. The number of carbonyl (C=O) groups is 2. The number of nitrogens with zero attached hydrogens (tertiary/aromatic N) is 2. The molecule has 4 rings (SSSR count). The van der Waals surface area contributed by atoms with Crippen molar-refractivity contribution >= 4 is 34.3 Å². The first-order valence-electron chi connectivity index (χ1n) is 14.2. The SMILES string of the molecule is COC(=O)c1ccc(NCC#Cc2cc3c(NC4CCN(C(=O)OC(C)(C)C)CC4)cccc3n2CC(F)(F)F)c(OC)c1. The van der Waals surface area contributed by atoms with Crippen LogP contribution in [0, 0.1) is 11.8 Å². The third-order valence-corrected chi connectivity index (χ3v) is 7.00. The van der Waals surface area contributed by atoms with Crippen LogP contribution in [0.15, 0.2) is 42.5 Å². The van der Waals surface area contributed by atoms with Gasteiger partial charge in [-0.25, -0.2) is 9.59 Å². The maximum Gasteiger partial charge on any atom is 0.410 e. The highest BCUT2D eigenvalue weighted by Gasteiger charge is 2.31. The zero-order valence-electron chi connectivity index (χ0n) is 25.4. The predicted molar refractivity (Wildman–Crippen MR) is 162 cm³/mol. The summed E-state index contributed by atoms with van der Waals surface area (Å²) < 4.78 is 57.6. The molecule has 44 heavy (non-hydrogen) atoms. The summed E-state index contributed by atoms with van der Waals surface area (Å²) in [6.45, 7) is 5.42. The van der Waals surface area contributed by atoms with Crippen molar-refractivity contribution in [3.63, 3.8) is 0 Å². The molecule has 0 aliphatic carbocycles. The first kappa shape index (κ1) is 32.4. The average molecular weight is 615 g/mol. The van der Waals surface area contributed by atoms with E-state index >= 15 is 0 Å². The van der Waals surface area contributed by atoms with Crippen LogP contribution in [0.4, 0.5) is 29.3 Å². The number of amides is 1. The van der Waals surface area contributed by atoms with Crippen LogP contribution in [0.5, 0.6) is 5.75 Å². The van der Waals surface area contributed by atoms with Crippen molar-refractivity contribution in [1.29, 1.82) is 0 Å². The Labute approximate surface area is 254 Å². The summed E-state index contributed by atoms with van der Waals surface area (Å²) in [5, 5.41) is 7.18. The van der Waals surface area contributed by atoms with Gasteiger partial charge < -0.3 is 34.3 Å². The maximum absolute atomic E-state index is 13.6. The van der Waals surface area contributed by atoms with Gasteiger partial charge in [0.2, 0.25) is 0 Å². The molecule has 3 aromatic rings. The van der Waals surface area contributed by atoms with E-state index in [0.29, 0.717) is 59.5 Å². The second-order valence-electron chi connectivity index (χ2n) is 11.4. The minimum Gasteiger partial charge on any atom is -0.495 e. The summed E-state index contributed by atoms with van der Waals surface area (Å²) in [5.74, 6) is 5.68. The van der Waals surface area contributed by atoms with Crippen molar-refractivity contribution in [3.05, 3.63) is 53.7 Å². The summed E-state index contributed by atoms with van der Waals surface area (Å²) in [5.41, 5.74) is 1.64. The molecular formula is C32H37F3N4O5. The van der Waals surface area contributed by atoms with Crippen LogP contribution in [0.1, 0.15) is 49.7 Å². The highest BCUT2D eigenvalue weighted by Crippen LogP contribution is 2.32. The van der Waals surface area contributed by atoms with E-state index in [1.54, 1.807) is 35.2 Å². The number of aromatic nitrogens is 1. The van der Waals surface area contributed by atoms with Crippen LogP contribution in [-0.2, 0) is 16.0 Å². The number of carbonyl (C=O) groups excluding carboxylic acids is 2. The number of halogens is 3. The van der Waals surface area contributed by atoms with Gasteiger partial charge in [-0.1, -0.05) is 12.0 Å². The molecule has 2 heterocycles. The van der Waals surface area contributed by atoms with Gasteiger partial charge in [-0.3, -0.25) is 0 Å². The Balaban J connectivity index is 1.51. The molecule has 1 aliphatic heterocycles. The first-order chi connectivity index (χ1) is 20.8. The van der Waals surface area contributed by atoms with Crippen molar-refractivity contribution < 1.29 is 37.0 Å². The Bertz CT molecular complexity index is 1560. The third kappa shape index (κ3) is 8.30. The van der Waals surface area contributed by atoms with E-state index in [-0.39, 0.29) is 24.4 Å². The molecule has 12 heteroatoms. The predicted octanol–water partition coefficient (Wildman–Crippen LogP) is 6.27. The molecule has 1 aromatic heterocycles. The number of anilines is 2. The Hall–Kier alpha value is -4.53. The van der Waals surface area contributed by atoms with Gasteiger partial charge in [0.05, 0.1) is 43.2 Å². The lowest BCUT2D eigenvalue weighted by molar-refractivity contribution is -0.140. The van der Waals surface area contributed by atoms with Crippen LogP contribution in [0.3, 0.4) is 0 Å². The molecule has 0 spiro atoms. The number of hydrogen-bond donors (Lipinski definition) is 2. The summed E-state index contributed by atoms with van der Waals surface area (Å²) in [6, 6.07) is 11.6. The van der Waals surface area contributed by atoms with Gasteiger partial charge in [0, 0.05) is 30.2 Å². The molecule has 2 aromatic carbocycles. The lowest BCUT2D eigenvalue weighted by atomic mass is 10.0. The standard InChI is InChI=1S/C32H37F3N4O5/c1-31(2,3)44-30(41)38-16-13-22(14-17-38)37-25-9-6-10-27-24(25)19-23(39(27)20-32(33,34)35)8-7-15-36-26-12-11-21(29(40)43-5)18-28(26)42-4/h6,9-12,18-19,22,36-37H,13-17,20H2,1-5H3. The van der Waals surface area contributed by atoms with E-state index in [1.165, 1.54) is 24.9 Å². The van der Waals surface area contributed by atoms with Crippen LogP contribution < -0.4 is 15.4 Å². The molecule has 236 valence electrons. The molecule has 0 saturated carbocycles. The van der Waals surface area contributed by atoms with E-state index < -0.39 is 24.3 Å². The fourth-order valence-corrected chi connectivity index (χ4v) is 4.97. The van der Waals surface area contributed by atoms with Crippen LogP contribution in [-0.4, -0.2) is 73.2 Å². The third-order valence-electron chi connectivity index (χ3n) is 7.00. The summed E-state index contributed by atoms with van der Waals surface area (Å²) in [4.78, 5) is 25.9. The van der Waals surface area contributed by atoms with Gasteiger partial charge in [0.15, 0.2) is 0 Å². The normalized spacial score (nSPS) is 14.0. The monoisotopic (exact) mass is 614 g/mol.